The molecule has 0 aliphatic carbocycles. The molecule has 2 aromatic rings. The van der Waals surface area contributed by atoms with Crippen LogP contribution in [0.15, 0.2) is 53.0 Å². The van der Waals surface area contributed by atoms with Crippen molar-refractivity contribution in [3.05, 3.63) is 64.1 Å². The molecule has 0 radical (unpaired) electrons. The van der Waals surface area contributed by atoms with Crippen LogP contribution in [0.1, 0.15) is 30.0 Å². The van der Waals surface area contributed by atoms with Crippen molar-refractivity contribution in [2.75, 3.05) is 7.11 Å². The zero-order chi connectivity index (χ0) is 13.8. The summed E-state index contributed by atoms with van der Waals surface area (Å²) in [7, 11) is 1.66. The quantitative estimate of drug-likeness (QED) is 0.913. The fourth-order valence-electron chi connectivity index (χ4n) is 2.14. The van der Waals surface area contributed by atoms with E-state index in [1.807, 2.05) is 36.4 Å². The Labute approximate surface area is 122 Å². The lowest BCUT2D eigenvalue weighted by atomic mass is 9.89. The Kier molecular flexibility index (Phi) is 4.61. The third kappa shape index (κ3) is 3.17. The van der Waals surface area contributed by atoms with E-state index in [2.05, 4.69) is 35.0 Å². The van der Waals surface area contributed by atoms with Gasteiger partial charge in [-0.3, -0.25) is 0 Å². The first kappa shape index (κ1) is 14.1. The van der Waals surface area contributed by atoms with Gasteiger partial charge in [-0.1, -0.05) is 59.3 Å². The highest BCUT2D eigenvalue weighted by Crippen LogP contribution is 2.34. The highest BCUT2D eigenvalue weighted by atomic mass is 79.9. The number of methoxy groups -OCH3 is 1. The second-order valence-corrected chi connectivity index (χ2v) is 5.47. The fraction of sp³-hybridized carbons (Fsp3) is 0.250. The van der Waals surface area contributed by atoms with Crippen molar-refractivity contribution in [3.63, 3.8) is 0 Å². The fourth-order valence-corrected chi connectivity index (χ4v) is 2.76. The van der Waals surface area contributed by atoms with Gasteiger partial charge in [0.15, 0.2) is 0 Å². The minimum absolute atomic E-state index is 0.0531. The predicted molar refractivity (Wildman–Crippen MR) is 82.5 cm³/mol. The molecule has 2 aromatic carbocycles. The number of halogens is 1. The van der Waals surface area contributed by atoms with Crippen LogP contribution >= 0.6 is 15.9 Å². The summed E-state index contributed by atoms with van der Waals surface area (Å²) in [6.45, 7) is 2.15. The zero-order valence-electron chi connectivity index (χ0n) is 11.1. The van der Waals surface area contributed by atoms with Crippen LogP contribution in [-0.2, 0) is 0 Å². The van der Waals surface area contributed by atoms with Gasteiger partial charge in [-0.2, -0.15) is 0 Å². The van der Waals surface area contributed by atoms with E-state index in [-0.39, 0.29) is 12.0 Å². The molecule has 0 aromatic heterocycles. The van der Waals surface area contributed by atoms with Gasteiger partial charge < -0.3 is 10.5 Å². The molecule has 0 saturated heterocycles. The van der Waals surface area contributed by atoms with Gasteiger partial charge in [0.2, 0.25) is 0 Å². The molecule has 2 N–H and O–H groups in total. The first-order valence-corrected chi connectivity index (χ1v) is 7.06. The smallest absolute Gasteiger partial charge is 0.120 e. The van der Waals surface area contributed by atoms with Crippen LogP contribution in [0.3, 0.4) is 0 Å². The summed E-state index contributed by atoms with van der Waals surface area (Å²) in [6, 6.07) is 16.2. The van der Waals surface area contributed by atoms with E-state index in [1.54, 1.807) is 7.11 Å². The van der Waals surface area contributed by atoms with E-state index in [9.17, 15) is 0 Å². The molecule has 0 amide bonds. The summed E-state index contributed by atoms with van der Waals surface area (Å²) in [5.74, 6) is 1.08. The van der Waals surface area contributed by atoms with E-state index in [4.69, 9.17) is 10.5 Å². The number of hydrogen-bond donors (Lipinski definition) is 1. The van der Waals surface area contributed by atoms with Crippen molar-refractivity contribution in [2.24, 2.45) is 5.73 Å². The number of rotatable bonds is 4. The van der Waals surface area contributed by atoms with Gasteiger partial charge in [-0.15, -0.1) is 0 Å². The van der Waals surface area contributed by atoms with Crippen LogP contribution in [0.2, 0.25) is 0 Å². The molecule has 0 aliphatic heterocycles. The largest absolute Gasteiger partial charge is 0.497 e. The van der Waals surface area contributed by atoms with Crippen LogP contribution < -0.4 is 10.5 Å². The Bertz CT molecular complexity index is 542. The van der Waals surface area contributed by atoms with Crippen LogP contribution in [0.4, 0.5) is 0 Å². The van der Waals surface area contributed by atoms with Crippen molar-refractivity contribution in [2.45, 2.75) is 18.9 Å². The SMILES string of the molecule is COc1ccc(C(N)C(C)c2ccccc2)c(Br)c1. The number of ether oxygens (including phenoxy) is 1. The molecular weight excluding hydrogens is 302 g/mol. The Morgan fingerprint density at radius 1 is 1.11 bits per heavy atom. The third-order valence-corrected chi connectivity index (χ3v) is 4.12. The second-order valence-electron chi connectivity index (χ2n) is 4.61. The van der Waals surface area contributed by atoms with E-state index in [1.165, 1.54) is 5.56 Å². The molecule has 2 nitrogen and oxygen atoms in total. The van der Waals surface area contributed by atoms with Gasteiger partial charge in [0, 0.05) is 16.4 Å². The predicted octanol–water partition coefficient (Wildman–Crippen LogP) is 4.26. The number of benzene rings is 2. The average molecular weight is 320 g/mol. The normalized spacial score (nSPS) is 13.9. The molecule has 0 aliphatic rings. The van der Waals surface area contributed by atoms with Crippen molar-refractivity contribution in [1.82, 2.24) is 0 Å². The first-order valence-electron chi connectivity index (χ1n) is 6.27. The maximum atomic E-state index is 6.39. The van der Waals surface area contributed by atoms with Crippen molar-refractivity contribution >= 4 is 15.9 Å². The lowest BCUT2D eigenvalue weighted by molar-refractivity contribution is 0.414. The topological polar surface area (TPSA) is 35.2 Å². The average Bonchev–Trinajstić information content (AvgIpc) is 2.46. The summed E-state index contributed by atoms with van der Waals surface area (Å²) in [5.41, 5.74) is 8.73. The molecule has 2 atom stereocenters. The second kappa shape index (κ2) is 6.22. The van der Waals surface area contributed by atoms with Gasteiger partial charge in [0.25, 0.3) is 0 Å². The molecule has 3 heteroatoms. The summed E-state index contributed by atoms with van der Waals surface area (Å²) >= 11 is 3.57. The summed E-state index contributed by atoms with van der Waals surface area (Å²) in [4.78, 5) is 0. The van der Waals surface area contributed by atoms with Crippen molar-refractivity contribution < 1.29 is 4.74 Å². The summed E-state index contributed by atoms with van der Waals surface area (Å²) < 4.78 is 6.19. The Morgan fingerprint density at radius 2 is 1.79 bits per heavy atom. The van der Waals surface area contributed by atoms with E-state index in [0.29, 0.717) is 0 Å². The van der Waals surface area contributed by atoms with Crippen LogP contribution in [0.5, 0.6) is 5.75 Å². The van der Waals surface area contributed by atoms with Gasteiger partial charge in [-0.25, -0.2) is 0 Å². The van der Waals surface area contributed by atoms with Crippen molar-refractivity contribution in [1.29, 1.82) is 0 Å². The summed E-state index contributed by atoms with van der Waals surface area (Å²) in [5, 5.41) is 0. The monoisotopic (exact) mass is 319 g/mol. The Morgan fingerprint density at radius 3 is 2.37 bits per heavy atom. The minimum atomic E-state index is -0.0531. The molecule has 0 saturated carbocycles. The molecule has 0 fully saturated rings. The Balaban J connectivity index is 2.26. The zero-order valence-corrected chi connectivity index (χ0v) is 12.7. The van der Waals surface area contributed by atoms with Gasteiger partial charge in [0.05, 0.1) is 7.11 Å². The van der Waals surface area contributed by atoms with Crippen molar-refractivity contribution in [3.8, 4) is 5.75 Å². The lowest BCUT2D eigenvalue weighted by Crippen LogP contribution is -2.18. The molecule has 19 heavy (non-hydrogen) atoms. The maximum Gasteiger partial charge on any atom is 0.120 e. The standard InChI is InChI=1S/C16H18BrNO/c1-11(12-6-4-3-5-7-12)16(18)14-9-8-13(19-2)10-15(14)17/h3-11,16H,18H2,1-2H3. The molecule has 0 heterocycles. The number of nitrogens with two attached hydrogens (primary N) is 1. The van der Waals surface area contributed by atoms with E-state index in [0.717, 1.165) is 15.8 Å². The van der Waals surface area contributed by atoms with E-state index < -0.39 is 0 Å². The molecular formula is C16H18BrNO. The lowest BCUT2D eigenvalue weighted by Gasteiger charge is -2.22. The minimum Gasteiger partial charge on any atom is -0.497 e. The Hall–Kier alpha value is -1.32. The number of hydrogen-bond acceptors (Lipinski definition) is 2. The molecule has 2 rings (SSSR count). The van der Waals surface area contributed by atoms with Crippen LogP contribution in [-0.4, -0.2) is 7.11 Å². The molecule has 0 spiro atoms. The van der Waals surface area contributed by atoms with E-state index >= 15 is 0 Å². The van der Waals surface area contributed by atoms with Gasteiger partial charge in [-0.05, 0) is 23.3 Å². The van der Waals surface area contributed by atoms with Gasteiger partial charge in [0.1, 0.15) is 5.75 Å². The van der Waals surface area contributed by atoms with Crippen LogP contribution in [0, 0.1) is 0 Å². The summed E-state index contributed by atoms with van der Waals surface area (Å²) in [6.07, 6.45) is 0. The third-order valence-electron chi connectivity index (χ3n) is 3.43. The van der Waals surface area contributed by atoms with Crippen LogP contribution in [0.25, 0.3) is 0 Å². The molecule has 0 bridgehead atoms. The first-order chi connectivity index (χ1) is 9.13. The highest BCUT2D eigenvalue weighted by Gasteiger charge is 2.19. The molecule has 2 unspecified atom stereocenters. The highest BCUT2D eigenvalue weighted by molar-refractivity contribution is 9.10. The van der Waals surface area contributed by atoms with Gasteiger partial charge >= 0.3 is 0 Å². The molecule has 100 valence electrons. The maximum absolute atomic E-state index is 6.39.